The number of carboxylic acids is 1. The highest BCUT2D eigenvalue weighted by atomic mass is 19.1. The van der Waals surface area contributed by atoms with E-state index in [1.807, 2.05) is 30.3 Å². The first kappa shape index (κ1) is 20.5. The number of aliphatic carboxylic acids is 1. The molecule has 2 heterocycles. The molecule has 1 aliphatic heterocycles. The van der Waals surface area contributed by atoms with Gasteiger partial charge in [-0.1, -0.05) is 18.2 Å². The van der Waals surface area contributed by atoms with Gasteiger partial charge in [0.15, 0.2) is 0 Å². The summed E-state index contributed by atoms with van der Waals surface area (Å²) in [5, 5.41) is 9.29. The van der Waals surface area contributed by atoms with Gasteiger partial charge >= 0.3 is 5.97 Å². The first-order valence-corrected chi connectivity index (χ1v) is 10.8. The Morgan fingerprint density at radius 2 is 2.06 bits per heavy atom. The molecule has 164 valence electrons. The Hall–Kier alpha value is -3.41. The number of aromatic nitrogens is 1. The molecule has 0 bridgehead atoms. The maximum atomic E-state index is 14.3. The highest BCUT2D eigenvalue weighted by molar-refractivity contribution is 5.68. The van der Waals surface area contributed by atoms with Crippen molar-refractivity contribution in [2.24, 2.45) is 5.92 Å². The fourth-order valence-corrected chi connectivity index (χ4v) is 4.49. The number of hydrogen-bond acceptors (Lipinski definition) is 4. The fraction of sp³-hybridized carbons (Fsp3) is 0.308. The SMILES string of the molecule is COc1ccc(F)c(-c2ccc(C3Cc4ccc(C(CC(=O)O)C5CC5)cc4O3)nc2)c1. The first-order chi connectivity index (χ1) is 15.5. The van der Waals surface area contributed by atoms with Crippen molar-refractivity contribution in [3.63, 3.8) is 0 Å². The van der Waals surface area contributed by atoms with Crippen LogP contribution in [0.1, 0.15) is 48.1 Å². The predicted molar refractivity (Wildman–Crippen MR) is 117 cm³/mol. The van der Waals surface area contributed by atoms with E-state index in [4.69, 9.17) is 9.47 Å². The van der Waals surface area contributed by atoms with E-state index >= 15 is 0 Å². The zero-order valence-electron chi connectivity index (χ0n) is 17.8. The number of carbonyl (C=O) groups is 1. The summed E-state index contributed by atoms with van der Waals surface area (Å²) in [7, 11) is 1.55. The van der Waals surface area contributed by atoms with E-state index in [9.17, 15) is 14.3 Å². The van der Waals surface area contributed by atoms with Gasteiger partial charge < -0.3 is 14.6 Å². The molecule has 0 spiro atoms. The Morgan fingerprint density at radius 1 is 1.22 bits per heavy atom. The number of ether oxygens (including phenoxy) is 2. The third-order valence-electron chi connectivity index (χ3n) is 6.38. The summed E-state index contributed by atoms with van der Waals surface area (Å²) < 4.78 is 25.7. The van der Waals surface area contributed by atoms with E-state index in [1.54, 1.807) is 25.4 Å². The van der Waals surface area contributed by atoms with Gasteiger partial charge in [-0.15, -0.1) is 0 Å². The third-order valence-corrected chi connectivity index (χ3v) is 6.38. The lowest BCUT2D eigenvalue weighted by Crippen LogP contribution is -2.08. The van der Waals surface area contributed by atoms with Crippen molar-refractivity contribution in [1.82, 2.24) is 4.98 Å². The van der Waals surface area contributed by atoms with Gasteiger partial charge in [0.25, 0.3) is 0 Å². The Labute approximate surface area is 185 Å². The van der Waals surface area contributed by atoms with Gasteiger partial charge in [0.05, 0.1) is 19.2 Å². The van der Waals surface area contributed by atoms with Crippen LogP contribution in [0.4, 0.5) is 4.39 Å². The molecule has 1 fully saturated rings. The molecule has 1 N–H and O–H groups in total. The van der Waals surface area contributed by atoms with E-state index in [2.05, 4.69) is 4.98 Å². The number of fused-ring (bicyclic) bond motifs is 1. The second kappa shape index (κ2) is 8.26. The van der Waals surface area contributed by atoms with Crippen LogP contribution in [0.5, 0.6) is 11.5 Å². The molecule has 2 aromatic carbocycles. The molecule has 2 aliphatic rings. The summed E-state index contributed by atoms with van der Waals surface area (Å²) in [5.41, 5.74) is 4.01. The zero-order chi connectivity index (χ0) is 22.2. The van der Waals surface area contributed by atoms with Crippen LogP contribution < -0.4 is 9.47 Å². The number of benzene rings is 2. The van der Waals surface area contributed by atoms with Crippen molar-refractivity contribution in [1.29, 1.82) is 0 Å². The van der Waals surface area contributed by atoms with E-state index in [0.29, 0.717) is 29.2 Å². The lowest BCUT2D eigenvalue weighted by Gasteiger charge is -2.15. The quantitative estimate of drug-likeness (QED) is 0.530. The van der Waals surface area contributed by atoms with Gasteiger partial charge in [0.2, 0.25) is 0 Å². The average Bonchev–Trinajstić information content (AvgIpc) is 3.55. The minimum absolute atomic E-state index is 0.0376. The summed E-state index contributed by atoms with van der Waals surface area (Å²) in [5.74, 6) is 0.779. The number of carboxylic acid groups (broad SMARTS) is 1. The monoisotopic (exact) mass is 433 g/mol. The van der Waals surface area contributed by atoms with Crippen LogP contribution in [-0.2, 0) is 11.2 Å². The van der Waals surface area contributed by atoms with Gasteiger partial charge in [0.1, 0.15) is 23.4 Å². The molecule has 0 saturated heterocycles. The van der Waals surface area contributed by atoms with Crippen LogP contribution in [-0.4, -0.2) is 23.2 Å². The maximum absolute atomic E-state index is 14.3. The molecule has 1 aliphatic carbocycles. The molecule has 32 heavy (non-hydrogen) atoms. The normalized spacial score (nSPS) is 18.0. The Morgan fingerprint density at radius 3 is 2.75 bits per heavy atom. The van der Waals surface area contributed by atoms with Crippen LogP contribution in [0.25, 0.3) is 11.1 Å². The largest absolute Gasteiger partial charge is 0.497 e. The van der Waals surface area contributed by atoms with E-state index < -0.39 is 5.97 Å². The zero-order valence-corrected chi connectivity index (χ0v) is 17.8. The third kappa shape index (κ3) is 4.05. The topological polar surface area (TPSA) is 68.7 Å². The molecule has 3 aromatic rings. The predicted octanol–water partition coefficient (Wildman–Crippen LogP) is 5.54. The molecular weight excluding hydrogens is 409 g/mol. The Bertz CT molecular complexity index is 1160. The van der Waals surface area contributed by atoms with Gasteiger partial charge in [-0.2, -0.15) is 0 Å². The van der Waals surface area contributed by atoms with Crippen molar-refractivity contribution in [2.45, 2.75) is 37.7 Å². The van der Waals surface area contributed by atoms with Crippen molar-refractivity contribution in [2.75, 3.05) is 7.11 Å². The molecule has 1 saturated carbocycles. The van der Waals surface area contributed by atoms with Gasteiger partial charge in [-0.05, 0) is 66.1 Å². The smallest absolute Gasteiger partial charge is 0.303 e. The van der Waals surface area contributed by atoms with Crippen molar-refractivity contribution in [3.8, 4) is 22.6 Å². The van der Waals surface area contributed by atoms with E-state index in [-0.39, 0.29) is 24.3 Å². The van der Waals surface area contributed by atoms with Gasteiger partial charge in [0, 0.05) is 23.7 Å². The first-order valence-electron chi connectivity index (χ1n) is 10.8. The lowest BCUT2D eigenvalue weighted by molar-refractivity contribution is -0.137. The highest BCUT2D eigenvalue weighted by Gasteiger charge is 2.35. The van der Waals surface area contributed by atoms with Crippen LogP contribution in [0.15, 0.2) is 54.7 Å². The summed E-state index contributed by atoms with van der Waals surface area (Å²) in [6.07, 6.45) is 4.45. The number of hydrogen-bond donors (Lipinski definition) is 1. The molecule has 5 nitrogen and oxygen atoms in total. The molecular formula is C26H24FNO4. The number of rotatable bonds is 7. The number of halogens is 1. The van der Waals surface area contributed by atoms with Crippen molar-refractivity contribution >= 4 is 5.97 Å². The molecule has 6 heteroatoms. The lowest BCUT2D eigenvalue weighted by atomic mass is 9.90. The second-order valence-electron chi connectivity index (χ2n) is 8.54. The van der Waals surface area contributed by atoms with E-state index in [1.165, 1.54) is 6.07 Å². The van der Waals surface area contributed by atoms with Crippen LogP contribution >= 0.6 is 0 Å². The standard InChI is InChI=1S/C26H24FNO4/c1-31-19-7-8-22(27)21(12-19)18-6-9-23(28-14-18)25-11-17-5-4-16(10-24(17)32-25)20(13-26(29)30)15-2-3-15/h4-10,12,14-15,20,25H,2-3,11,13H2,1H3,(H,29,30). The maximum Gasteiger partial charge on any atom is 0.303 e. The molecule has 2 atom stereocenters. The summed E-state index contributed by atoms with van der Waals surface area (Å²) >= 11 is 0. The average molecular weight is 433 g/mol. The van der Waals surface area contributed by atoms with Crippen LogP contribution in [0, 0.1) is 11.7 Å². The van der Waals surface area contributed by atoms with Crippen molar-refractivity contribution in [3.05, 3.63) is 77.4 Å². The molecule has 5 rings (SSSR count). The Balaban J connectivity index is 1.34. The molecule has 1 aromatic heterocycles. The summed E-state index contributed by atoms with van der Waals surface area (Å²) in [6.45, 7) is 0. The fourth-order valence-electron chi connectivity index (χ4n) is 4.49. The number of pyridine rings is 1. The minimum atomic E-state index is -0.766. The second-order valence-corrected chi connectivity index (χ2v) is 8.54. The Kier molecular flexibility index (Phi) is 5.29. The summed E-state index contributed by atoms with van der Waals surface area (Å²) in [4.78, 5) is 15.8. The molecule has 0 radical (unpaired) electrons. The van der Waals surface area contributed by atoms with Gasteiger partial charge in [-0.25, -0.2) is 4.39 Å². The molecule has 0 amide bonds. The van der Waals surface area contributed by atoms with Crippen molar-refractivity contribution < 1.29 is 23.8 Å². The van der Waals surface area contributed by atoms with Crippen LogP contribution in [0.2, 0.25) is 0 Å². The van der Waals surface area contributed by atoms with Crippen LogP contribution in [0.3, 0.4) is 0 Å². The highest BCUT2D eigenvalue weighted by Crippen LogP contribution is 2.46. The van der Waals surface area contributed by atoms with Gasteiger partial charge in [-0.3, -0.25) is 9.78 Å². The minimum Gasteiger partial charge on any atom is -0.497 e. The number of nitrogens with zero attached hydrogens (tertiary/aromatic N) is 1. The van der Waals surface area contributed by atoms with E-state index in [0.717, 1.165) is 35.4 Å². The molecule has 2 unspecified atom stereocenters. The summed E-state index contributed by atoms with van der Waals surface area (Å²) in [6, 6.07) is 14.4. The number of methoxy groups -OCH3 is 1.